The average molecular weight is 494 g/mol. The molecule has 1 atom stereocenters. The quantitative estimate of drug-likeness (QED) is 0.315. The maximum Gasteiger partial charge on any atom is 0.225 e. The monoisotopic (exact) mass is 493 g/mol. The molecule has 6 rings (SSSR count). The zero-order valence-electron chi connectivity index (χ0n) is 21.6. The van der Waals surface area contributed by atoms with E-state index >= 15 is 0 Å². The van der Waals surface area contributed by atoms with Gasteiger partial charge in [0.05, 0.1) is 5.52 Å². The number of nitrogens with zero attached hydrogens (tertiary/aromatic N) is 3. The maximum absolute atomic E-state index is 11.0. The Labute approximate surface area is 218 Å². The van der Waals surface area contributed by atoms with Gasteiger partial charge in [0, 0.05) is 32.1 Å². The van der Waals surface area contributed by atoms with Crippen molar-refractivity contribution in [3.63, 3.8) is 0 Å². The topological polar surface area (TPSA) is 73.3 Å². The molecule has 1 heterocycles. The van der Waals surface area contributed by atoms with Gasteiger partial charge in [0.1, 0.15) is 11.9 Å². The van der Waals surface area contributed by atoms with Crippen LogP contribution in [0.1, 0.15) is 48.5 Å². The zero-order valence-corrected chi connectivity index (χ0v) is 21.6. The molecule has 1 aromatic heterocycles. The van der Waals surface area contributed by atoms with Crippen molar-refractivity contribution in [3.05, 3.63) is 83.4 Å². The molecule has 2 aliphatic carbocycles. The lowest BCUT2D eigenvalue weighted by Gasteiger charge is -2.29. The number of fused-ring (bicyclic) bond motifs is 4. The number of anilines is 2. The standard InChI is InChI=1S/C31H35N5O/c1-36(2)30-26-11-5-6-13-27(26)34-31(35-30)33-22-16-14-20(15-17-22)18-32-19-21-8-7-12-24-23-9-3-4-10-25(23)29(37)28(21)24/h3-13,20,22,29,32,37H,14-19H2,1-2H3,(H,33,34,35)/t20-,22+,29?. The Hall–Kier alpha value is -3.48. The first-order valence-corrected chi connectivity index (χ1v) is 13.4. The van der Waals surface area contributed by atoms with Gasteiger partial charge >= 0.3 is 0 Å². The summed E-state index contributed by atoms with van der Waals surface area (Å²) in [5, 5.41) is 19.4. The molecule has 0 amide bonds. The Morgan fingerprint density at radius 1 is 0.865 bits per heavy atom. The van der Waals surface area contributed by atoms with E-state index in [0.717, 1.165) is 65.3 Å². The van der Waals surface area contributed by atoms with Crippen LogP contribution < -0.4 is 15.5 Å². The summed E-state index contributed by atoms with van der Waals surface area (Å²) in [5.41, 5.74) is 6.58. The minimum atomic E-state index is -0.531. The lowest BCUT2D eigenvalue weighted by Crippen LogP contribution is -2.31. The van der Waals surface area contributed by atoms with Crippen LogP contribution in [-0.4, -0.2) is 41.8 Å². The van der Waals surface area contributed by atoms with Crippen LogP contribution in [0.4, 0.5) is 11.8 Å². The summed E-state index contributed by atoms with van der Waals surface area (Å²) in [6.07, 6.45) is 4.07. The lowest BCUT2D eigenvalue weighted by molar-refractivity contribution is 0.223. The highest BCUT2D eigenvalue weighted by atomic mass is 16.3. The lowest BCUT2D eigenvalue weighted by atomic mass is 9.86. The number of aromatic nitrogens is 2. The molecule has 1 saturated carbocycles. The fourth-order valence-electron chi connectivity index (χ4n) is 6.03. The summed E-state index contributed by atoms with van der Waals surface area (Å²) in [6.45, 7) is 1.78. The molecule has 1 unspecified atom stereocenters. The third-order valence-corrected chi connectivity index (χ3v) is 7.95. The molecule has 1 fully saturated rings. The maximum atomic E-state index is 11.0. The van der Waals surface area contributed by atoms with Crippen LogP contribution in [0, 0.1) is 5.92 Å². The number of hydrogen-bond acceptors (Lipinski definition) is 6. The van der Waals surface area contributed by atoms with Crippen molar-refractivity contribution in [3.8, 4) is 11.1 Å². The molecule has 0 saturated heterocycles. The molecule has 2 aliphatic rings. The summed E-state index contributed by atoms with van der Waals surface area (Å²) >= 11 is 0. The minimum Gasteiger partial charge on any atom is -0.384 e. The van der Waals surface area contributed by atoms with E-state index in [1.807, 2.05) is 44.4 Å². The Kier molecular flexibility index (Phi) is 6.53. The van der Waals surface area contributed by atoms with Crippen molar-refractivity contribution in [2.24, 2.45) is 5.92 Å². The minimum absolute atomic E-state index is 0.401. The molecule has 0 radical (unpaired) electrons. The first-order valence-electron chi connectivity index (χ1n) is 13.4. The van der Waals surface area contributed by atoms with E-state index in [1.165, 1.54) is 24.0 Å². The van der Waals surface area contributed by atoms with Crippen molar-refractivity contribution in [1.29, 1.82) is 0 Å². The molecule has 0 bridgehead atoms. The van der Waals surface area contributed by atoms with E-state index in [4.69, 9.17) is 9.97 Å². The Bertz CT molecular complexity index is 1410. The SMILES string of the molecule is CN(C)c1nc(N[C@H]2CC[C@@H](CNCc3cccc4c3C(O)c3ccccc3-4)CC2)nc2ccccc12. The van der Waals surface area contributed by atoms with E-state index in [1.54, 1.807) is 0 Å². The molecule has 4 aromatic rings. The third-order valence-electron chi connectivity index (χ3n) is 7.95. The molecule has 190 valence electrons. The van der Waals surface area contributed by atoms with E-state index in [0.29, 0.717) is 12.0 Å². The van der Waals surface area contributed by atoms with Gasteiger partial charge < -0.3 is 20.6 Å². The zero-order chi connectivity index (χ0) is 25.4. The van der Waals surface area contributed by atoms with Gasteiger partial charge in [0.15, 0.2) is 0 Å². The third kappa shape index (κ3) is 4.67. The number of aliphatic hydroxyl groups excluding tert-OH is 1. The summed E-state index contributed by atoms with van der Waals surface area (Å²) in [6, 6.07) is 23.2. The molecule has 3 N–H and O–H groups in total. The highest BCUT2D eigenvalue weighted by Crippen LogP contribution is 2.44. The number of para-hydroxylation sites is 1. The summed E-state index contributed by atoms with van der Waals surface area (Å²) in [7, 11) is 4.06. The largest absolute Gasteiger partial charge is 0.384 e. The van der Waals surface area contributed by atoms with Crippen molar-refractivity contribution in [2.45, 2.75) is 44.4 Å². The van der Waals surface area contributed by atoms with Crippen LogP contribution in [0.2, 0.25) is 0 Å². The molecule has 0 aliphatic heterocycles. The molecule has 6 nitrogen and oxygen atoms in total. The van der Waals surface area contributed by atoms with Gasteiger partial charge in [-0.3, -0.25) is 0 Å². The van der Waals surface area contributed by atoms with Crippen LogP contribution in [0.3, 0.4) is 0 Å². The van der Waals surface area contributed by atoms with Gasteiger partial charge in [0.25, 0.3) is 0 Å². The molecule has 6 heteroatoms. The van der Waals surface area contributed by atoms with Gasteiger partial charge in [-0.05, 0) is 78.1 Å². The molecule has 0 spiro atoms. The summed E-state index contributed by atoms with van der Waals surface area (Å²) in [4.78, 5) is 11.7. The van der Waals surface area contributed by atoms with Crippen LogP contribution in [0.15, 0.2) is 66.7 Å². The smallest absolute Gasteiger partial charge is 0.225 e. The second kappa shape index (κ2) is 10.1. The molecule has 37 heavy (non-hydrogen) atoms. The summed E-state index contributed by atoms with van der Waals surface area (Å²) < 4.78 is 0. The van der Waals surface area contributed by atoms with Gasteiger partial charge in [0.2, 0.25) is 5.95 Å². The normalized spacial score (nSPS) is 20.5. The van der Waals surface area contributed by atoms with Gasteiger partial charge in [-0.25, -0.2) is 4.98 Å². The second-order valence-corrected chi connectivity index (χ2v) is 10.6. The molecular weight excluding hydrogens is 458 g/mol. The van der Waals surface area contributed by atoms with Gasteiger partial charge in [-0.2, -0.15) is 4.98 Å². The Morgan fingerprint density at radius 2 is 1.62 bits per heavy atom. The van der Waals surface area contributed by atoms with Gasteiger partial charge in [-0.15, -0.1) is 0 Å². The number of rotatable bonds is 7. The van der Waals surface area contributed by atoms with Crippen molar-refractivity contribution in [1.82, 2.24) is 15.3 Å². The second-order valence-electron chi connectivity index (χ2n) is 10.6. The van der Waals surface area contributed by atoms with E-state index in [2.05, 4.69) is 51.9 Å². The Balaban J connectivity index is 1.04. The first kappa shape index (κ1) is 23.9. The van der Waals surface area contributed by atoms with E-state index < -0.39 is 6.10 Å². The summed E-state index contributed by atoms with van der Waals surface area (Å²) in [5.74, 6) is 2.33. The highest BCUT2D eigenvalue weighted by Gasteiger charge is 2.29. The van der Waals surface area contributed by atoms with Crippen LogP contribution in [-0.2, 0) is 6.54 Å². The fourth-order valence-corrected chi connectivity index (χ4v) is 6.03. The Morgan fingerprint density at radius 3 is 2.46 bits per heavy atom. The predicted octanol–water partition coefficient (Wildman–Crippen LogP) is 5.52. The number of aliphatic hydroxyl groups is 1. The number of nitrogens with one attached hydrogen (secondary N) is 2. The average Bonchev–Trinajstić information content (AvgIpc) is 3.22. The van der Waals surface area contributed by atoms with Crippen LogP contribution >= 0.6 is 0 Å². The molecule has 3 aromatic carbocycles. The molecular formula is C31H35N5O. The number of benzene rings is 3. The van der Waals surface area contributed by atoms with Crippen molar-refractivity contribution in [2.75, 3.05) is 30.9 Å². The first-order chi connectivity index (χ1) is 18.1. The van der Waals surface area contributed by atoms with E-state index in [9.17, 15) is 5.11 Å². The predicted molar refractivity (Wildman–Crippen MR) is 151 cm³/mol. The van der Waals surface area contributed by atoms with Crippen LogP contribution in [0.5, 0.6) is 0 Å². The van der Waals surface area contributed by atoms with Crippen molar-refractivity contribution >= 4 is 22.7 Å². The van der Waals surface area contributed by atoms with Gasteiger partial charge in [-0.1, -0.05) is 54.6 Å². The highest BCUT2D eigenvalue weighted by molar-refractivity contribution is 5.90. The van der Waals surface area contributed by atoms with E-state index in [-0.39, 0.29) is 0 Å². The van der Waals surface area contributed by atoms with Crippen molar-refractivity contribution < 1.29 is 5.11 Å². The fraction of sp³-hybridized carbons (Fsp3) is 0.355. The number of hydrogen-bond donors (Lipinski definition) is 3. The van der Waals surface area contributed by atoms with Crippen LogP contribution in [0.25, 0.3) is 22.0 Å².